The first-order chi connectivity index (χ1) is 17.3. The maximum Gasteiger partial charge on any atom is 0.322 e. The Morgan fingerprint density at radius 3 is 2.00 bits per heavy atom. The van der Waals surface area contributed by atoms with E-state index in [2.05, 4.69) is 4.98 Å². The number of aliphatic imine (C=N–C) groups is 1. The molecule has 0 spiro atoms. The fraction of sp³-hybridized carbons (Fsp3) is 0.357. The third-order valence-electron chi connectivity index (χ3n) is 6.87. The highest BCUT2D eigenvalue weighted by atomic mass is 35.5. The summed E-state index contributed by atoms with van der Waals surface area (Å²) < 4.78 is 5.94. The molecule has 0 N–H and O–H groups in total. The molecule has 1 amide bonds. The van der Waals surface area contributed by atoms with Crippen LogP contribution in [0.5, 0.6) is 5.88 Å². The smallest absolute Gasteiger partial charge is 0.322 e. The van der Waals surface area contributed by atoms with Crippen LogP contribution in [0, 0.1) is 0 Å². The number of rotatable bonds is 5. The lowest BCUT2D eigenvalue weighted by Crippen LogP contribution is -2.53. The van der Waals surface area contributed by atoms with E-state index >= 15 is 0 Å². The molecule has 9 heteroatoms. The van der Waals surface area contributed by atoms with Crippen LogP contribution in [-0.4, -0.2) is 32.7 Å². The van der Waals surface area contributed by atoms with Crippen LogP contribution in [-0.2, 0) is 16.5 Å². The average molecular weight is 560 g/mol. The first-order valence-electron chi connectivity index (χ1n) is 11.9. The molecule has 1 aromatic heterocycles. The van der Waals surface area contributed by atoms with Gasteiger partial charge in [-0.3, -0.25) is 14.7 Å². The molecule has 1 aliphatic rings. The number of carbonyl (C=O) groups is 1. The van der Waals surface area contributed by atoms with Crippen LogP contribution in [0.1, 0.15) is 64.1 Å². The minimum Gasteiger partial charge on any atom is -0.477 e. The Balaban J connectivity index is 2.03. The number of amides is 1. The molecule has 2 atom stereocenters. The van der Waals surface area contributed by atoms with Crippen LogP contribution in [0.15, 0.2) is 59.7 Å². The molecule has 0 saturated carbocycles. The van der Waals surface area contributed by atoms with Gasteiger partial charge in [-0.2, -0.15) is 4.98 Å². The molecule has 0 fully saturated rings. The molecule has 6 nitrogen and oxygen atoms in total. The molecule has 4 rings (SSSR count). The van der Waals surface area contributed by atoms with E-state index in [4.69, 9.17) is 49.5 Å². The van der Waals surface area contributed by atoms with Crippen molar-refractivity contribution in [2.75, 3.05) is 6.61 Å². The normalized spacial score (nSPS) is 21.6. The van der Waals surface area contributed by atoms with E-state index in [1.807, 2.05) is 65.8 Å². The Labute approximate surface area is 232 Å². The molecule has 0 radical (unpaired) electrons. The zero-order valence-corrected chi connectivity index (χ0v) is 23.9. The van der Waals surface area contributed by atoms with E-state index in [9.17, 15) is 4.79 Å². The Morgan fingerprint density at radius 2 is 1.51 bits per heavy atom. The average Bonchev–Trinajstić information content (AvgIpc) is 3.08. The van der Waals surface area contributed by atoms with Gasteiger partial charge in [0.1, 0.15) is 22.7 Å². The van der Waals surface area contributed by atoms with Gasteiger partial charge in [-0.1, -0.05) is 68.2 Å². The molecular formula is C28H29Cl3N4O2. The number of ether oxygens (including phenoxy) is 1. The van der Waals surface area contributed by atoms with Gasteiger partial charge >= 0.3 is 5.37 Å². The van der Waals surface area contributed by atoms with E-state index in [0.717, 1.165) is 11.1 Å². The van der Waals surface area contributed by atoms with Crippen LogP contribution in [0.3, 0.4) is 0 Å². The van der Waals surface area contributed by atoms with Crippen molar-refractivity contribution in [3.8, 4) is 5.88 Å². The van der Waals surface area contributed by atoms with Gasteiger partial charge in [0, 0.05) is 21.7 Å². The van der Waals surface area contributed by atoms with Gasteiger partial charge in [0.15, 0.2) is 0 Å². The van der Waals surface area contributed by atoms with E-state index in [1.54, 1.807) is 30.5 Å². The molecule has 0 bridgehead atoms. The topological polar surface area (TPSA) is 67.7 Å². The summed E-state index contributed by atoms with van der Waals surface area (Å²) in [7, 11) is 0. The van der Waals surface area contributed by atoms with Gasteiger partial charge in [-0.25, -0.2) is 4.98 Å². The predicted octanol–water partition coefficient (Wildman–Crippen LogP) is 7.73. The zero-order chi connectivity index (χ0) is 27.2. The second-order valence-electron chi connectivity index (χ2n) is 10.3. The second kappa shape index (κ2) is 9.90. The Kier molecular flexibility index (Phi) is 7.32. The van der Waals surface area contributed by atoms with Crippen molar-refractivity contribution >= 4 is 46.0 Å². The molecule has 2 unspecified atom stereocenters. The van der Waals surface area contributed by atoms with Gasteiger partial charge in [-0.05, 0) is 67.8 Å². The van der Waals surface area contributed by atoms with Crippen molar-refractivity contribution < 1.29 is 9.53 Å². The summed E-state index contributed by atoms with van der Waals surface area (Å²) in [6, 6.07) is 14.7. The van der Waals surface area contributed by atoms with Crippen molar-refractivity contribution in [3.05, 3.63) is 87.3 Å². The van der Waals surface area contributed by atoms with E-state index < -0.39 is 16.4 Å². The fourth-order valence-corrected chi connectivity index (χ4v) is 5.17. The van der Waals surface area contributed by atoms with Crippen molar-refractivity contribution in [2.24, 2.45) is 4.99 Å². The molecular weight excluding hydrogens is 531 g/mol. The highest BCUT2D eigenvalue weighted by molar-refractivity contribution is 6.64. The number of nitrogens with zero attached hydrogens (tertiary/aromatic N) is 4. The number of amidine groups is 1. The fourth-order valence-electron chi connectivity index (χ4n) is 4.67. The third kappa shape index (κ3) is 4.71. The van der Waals surface area contributed by atoms with E-state index in [1.165, 1.54) is 4.90 Å². The summed E-state index contributed by atoms with van der Waals surface area (Å²) >= 11 is 18.8. The molecule has 2 heterocycles. The predicted molar refractivity (Wildman–Crippen MR) is 149 cm³/mol. The van der Waals surface area contributed by atoms with Gasteiger partial charge in [0.05, 0.1) is 12.2 Å². The summed E-state index contributed by atoms with van der Waals surface area (Å²) in [4.78, 5) is 29.2. The van der Waals surface area contributed by atoms with Gasteiger partial charge < -0.3 is 4.74 Å². The molecule has 3 aromatic rings. The number of hydrogen-bond acceptors (Lipinski definition) is 5. The SMILES string of the molecule is CCOc1nc(C(C)(C)C)ncc1C1=NC(C)(c2ccc(Cl)cc2)C(C)(c2ccc(Cl)cc2)N1C(=O)Cl. The number of carbonyl (C=O) groups excluding carboxylic acids is 1. The summed E-state index contributed by atoms with van der Waals surface area (Å²) in [6.45, 7) is 12.2. The lowest BCUT2D eigenvalue weighted by molar-refractivity contribution is 0.149. The highest BCUT2D eigenvalue weighted by Crippen LogP contribution is 2.53. The Hall–Kier alpha value is -2.67. The lowest BCUT2D eigenvalue weighted by Gasteiger charge is -2.44. The standard InChI is InChI=1S/C28H29Cl3N4O2/c1-7-37-23-21(16-32-24(33-23)26(2,3)4)22-34-27(5,17-8-12-19(29)13-9-17)28(6,35(22)25(31)36)18-10-14-20(30)15-11-18/h8-16H,7H2,1-6H3. The summed E-state index contributed by atoms with van der Waals surface area (Å²) in [6.07, 6.45) is 1.65. The lowest BCUT2D eigenvalue weighted by atomic mass is 9.71. The molecule has 2 aromatic carbocycles. The van der Waals surface area contributed by atoms with Crippen LogP contribution >= 0.6 is 34.8 Å². The van der Waals surface area contributed by atoms with Crippen LogP contribution in [0.25, 0.3) is 0 Å². The van der Waals surface area contributed by atoms with Crippen molar-refractivity contribution in [3.63, 3.8) is 0 Å². The summed E-state index contributed by atoms with van der Waals surface area (Å²) in [5, 5.41) is 0.474. The van der Waals surface area contributed by atoms with E-state index in [0.29, 0.717) is 39.8 Å². The molecule has 1 aliphatic heterocycles. The van der Waals surface area contributed by atoms with Gasteiger partial charge in [0.2, 0.25) is 5.88 Å². The van der Waals surface area contributed by atoms with Crippen molar-refractivity contribution in [1.29, 1.82) is 0 Å². The van der Waals surface area contributed by atoms with Crippen LogP contribution < -0.4 is 4.74 Å². The molecule has 194 valence electrons. The zero-order valence-electron chi connectivity index (χ0n) is 21.6. The maximum absolute atomic E-state index is 13.2. The minimum atomic E-state index is -1.05. The van der Waals surface area contributed by atoms with Crippen molar-refractivity contribution in [1.82, 2.24) is 14.9 Å². The quantitative estimate of drug-likeness (QED) is 0.237. The van der Waals surface area contributed by atoms with Gasteiger partial charge in [-0.15, -0.1) is 0 Å². The summed E-state index contributed by atoms with van der Waals surface area (Å²) in [5.74, 6) is 1.27. The number of benzene rings is 2. The maximum atomic E-state index is 13.2. The molecule has 0 saturated heterocycles. The first-order valence-corrected chi connectivity index (χ1v) is 13.1. The number of hydrogen-bond donors (Lipinski definition) is 0. The number of halogens is 3. The minimum absolute atomic E-state index is 0.306. The van der Waals surface area contributed by atoms with Gasteiger partial charge in [0.25, 0.3) is 0 Å². The third-order valence-corrected chi connectivity index (χ3v) is 7.54. The Bertz CT molecular complexity index is 1350. The molecule has 37 heavy (non-hydrogen) atoms. The van der Waals surface area contributed by atoms with Crippen LogP contribution in [0.2, 0.25) is 10.0 Å². The Morgan fingerprint density at radius 1 is 0.973 bits per heavy atom. The monoisotopic (exact) mass is 558 g/mol. The second-order valence-corrected chi connectivity index (χ2v) is 11.5. The van der Waals surface area contributed by atoms with Crippen LogP contribution in [0.4, 0.5) is 4.79 Å². The van der Waals surface area contributed by atoms with Crippen molar-refractivity contribution in [2.45, 2.75) is 58.0 Å². The van der Waals surface area contributed by atoms with E-state index in [-0.39, 0.29) is 5.41 Å². The molecule has 0 aliphatic carbocycles. The largest absolute Gasteiger partial charge is 0.477 e. The highest BCUT2D eigenvalue weighted by Gasteiger charge is 2.59. The first kappa shape index (κ1) is 27.4. The summed E-state index contributed by atoms with van der Waals surface area (Å²) in [5.41, 5.74) is -0.213. The number of aromatic nitrogens is 2.